The third kappa shape index (κ3) is 5.45. The predicted molar refractivity (Wildman–Crippen MR) is 180 cm³/mol. The molecular formula is C34H29Cl4N3OS. The Hall–Kier alpha value is -2.64. The van der Waals surface area contributed by atoms with Crippen molar-refractivity contribution in [1.29, 1.82) is 0 Å². The Kier molecular flexibility index (Phi) is 9.02. The summed E-state index contributed by atoms with van der Waals surface area (Å²) in [4.78, 5) is 17.4. The summed E-state index contributed by atoms with van der Waals surface area (Å²) in [7, 11) is 0. The molecule has 6 atom stereocenters. The molecule has 6 unspecified atom stereocenters. The van der Waals surface area contributed by atoms with Crippen molar-refractivity contribution < 1.29 is 4.79 Å². The van der Waals surface area contributed by atoms with Gasteiger partial charge in [0.15, 0.2) is 5.11 Å². The molecule has 2 N–H and O–H groups in total. The first kappa shape index (κ1) is 30.4. The van der Waals surface area contributed by atoms with Gasteiger partial charge >= 0.3 is 0 Å². The summed E-state index contributed by atoms with van der Waals surface area (Å²) in [6.07, 6.45) is 0. The van der Waals surface area contributed by atoms with Crippen molar-refractivity contribution in [3.05, 3.63) is 139 Å². The van der Waals surface area contributed by atoms with E-state index in [9.17, 15) is 0 Å². The van der Waals surface area contributed by atoms with Crippen LogP contribution in [0.5, 0.6) is 0 Å². The van der Waals surface area contributed by atoms with E-state index in [1.54, 1.807) is 0 Å². The van der Waals surface area contributed by atoms with Gasteiger partial charge < -0.3 is 15.5 Å². The normalized spacial score (nSPS) is 25.0. The average Bonchev–Trinajstić information content (AvgIpc) is 2.99. The van der Waals surface area contributed by atoms with Crippen molar-refractivity contribution >= 4 is 69.5 Å². The van der Waals surface area contributed by atoms with Crippen LogP contribution in [0, 0.1) is 11.8 Å². The molecule has 4 aromatic carbocycles. The van der Waals surface area contributed by atoms with E-state index in [0.717, 1.165) is 22.3 Å². The Bertz CT molecular complexity index is 1570. The molecular weight excluding hydrogens is 640 g/mol. The second kappa shape index (κ2) is 12.8. The first-order chi connectivity index (χ1) is 20.8. The molecule has 0 aromatic heterocycles. The number of likely N-dealkylation sites (tertiary alicyclic amines) is 1. The Labute approximate surface area is 277 Å². The lowest BCUT2D eigenvalue weighted by Crippen LogP contribution is -2.63. The second-order valence-electron chi connectivity index (χ2n) is 10.8. The van der Waals surface area contributed by atoms with Gasteiger partial charge in [0.2, 0.25) is 0 Å². The van der Waals surface area contributed by atoms with Gasteiger partial charge in [-0.15, -0.1) is 0 Å². The number of hydrogen-bond acceptors (Lipinski definition) is 3. The van der Waals surface area contributed by atoms with E-state index in [2.05, 4.69) is 15.5 Å². The highest BCUT2D eigenvalue weighted by molar-refractivity contribution is 7.80. The van der Waals surface area contributed by atoms with Gasteiger partial charge in [-0.25, -0.2) is 0 Å². The number of rotatable bonds is 5. The molecule has 6 rings (SSSR count). The number of piperidine rings is 2. The molecule has 0 spiro atoms. The van der Waals surface area contributed by atoms with Crippen LogP contribution in [-0.2, 0) is 4.79 Å². The molecule has 9 heteroatoms. The van der Waals surface area contributed by atoms with Crippen molar-refractivity contribution in [2.24, 2.45) is 11.8 Å². The molecule has 2 saturated heterocycles. The van der Waals surface area contributed by atoms with Gasteiger partial charge in [-0.1, -0.05) is 119 Å². The highest BCUT2D eigenvalue weighted by Crippen LogP contribution is 2.58. The number of hydrogen-bond donors (Lipinski definition) is 2. The number of halogens is 4. The van der Waals surface area contributed by atoms with E-state index in [0.29, 0.717) is 31.7 Å². The van der Waals surface area contributed by atoms with Crippen molar-refractivity contribution in [2.75, 3.05) is 6.54 Å². The van der Waals surface area contributed by atoms with Crippen LogP contribution < -0.4 is 10.6 Å². The maximum atomic E-state index is 15.2. The van der Waals surface area contributed by atoms with E-state index >= 15 is 4.79 Å². The van der Waals surface area contributed by atoms with Crippen molar-refractivity contribution in [1.82, 2.24) is 15.5 Å². The monoisotopic (exact) mass is 667 g/mol. The van der Waals surface area contributed by atoms with Gasteiger partial charge in [-0.2, -0.15) is 0 Å². The zero-order valence-corrected chi connectivity index (χ0v) is 27.0. The molecule has 0 aliphatic carbocycles. The third-order valence-electron chi connectivity index (χ3n) is 8.50. The van der Waals surface area contributed by atoms with Gasteiger partial charge in [0.05, 0.1) is 23.9 Å². The summed E-state index contributed by atoms with van der Waals surface area (Å²) >= 11 is 33.7. The third-order valence-corrected chi connectivity index (χ3v) is 10.2. The Morgan fingerprint density at radius 2 is 1.02 bits per heavy atom. The molecule has 0 amide bonds. The van der Waals surface area contributed by atoms with E-state index < -0.39 is 36.0 Å². The summed E-state index contributed by atoms with van der Waals surface area (Å²) in [6.45, 7) is 2.60. The van der Waals surface area contributed by atoms with Gasteiger partial charge in [-0.05, 0) is 65.7 Å². The number of thiocarbonyl (C=S) groups is 1. The number of carbonyl (C=O) groups excluding carboxylic acids is 1. The van der Waals surface area contributed by atoms with Gasteiger partial charge in [-0.3, -0.25) is 4.79 Å². The highest BCUT2D eigenvalue weighted by Gasteiger charge is 2.60. The van der Waals surface area contributed by atoms with Crippen LogP contribution in [0.2, 0.25) is 20.1 Å². The molecule has 220 valence electrons. The molecule has 0 saturated carbocycles. The maximum Gasteiger partial charge on any atom is 0.170 e. The second-order valence-corrected chi connectivity index (χ2v) is 12.8. The molecule has 2 heterocycles. The largest absolute Gasteiger partial charge is 0.363 e. The molecule has 2 aliphatic rings. The minimum atomic E-state index is -0.598. The van der Waals surface area contributed by atoms with Crippen LogP contribution in [-0.4, -0.2) is 22.3 Å². The summed E-state index contributed by atoms with van der Waals surface area (Å²) in [5.41, 5.74) is 3.24. The SMILES string of the molecule is CCNC(=S)N1C(c2ccccc2Cl)C2C(=O)C(C(c3ccccc3Cl)NC2c2ccccc2Cl)C1c1ccccc1Cl. The average molecular weight is 670 g/mol. The number of nitrogens with zero attached hydrogens (tertiary/aromatic N) is 1. The molecule has 2 fully saturated rings. The smallest absolute Gasteiger partial charge is 0.170 e. The number of carbonyl (C=O) groups is 1. The van der Waals surface area contributed by atoms with Gasteiger partial charge in [0, 0.05) is 38.7 Å². The Morgan fingerprint density at radius 3 is 1.37 bits per heavy atom. The van der Waals surface area contributed by atoms with Crippen molar-refractivity contribution in [3.8, 4) is 0 Å². The fraction of sp³-hybridized carbons (Fsp3) is 0.235. The first-order valence-electron chi connectivity index (χ1n) is 14.2. The van der Waals surface area contributed by atoms with Crippen LogP contribution in [0.15, 0.2) is 97.1 Å². The lowest BCUT2D eigenvalue weighted by molar-refractivity contribution is -0.145. The van der Waals surface area contributed by atoms with E-state index in [-0.39, 0.29) is 5.78 Å². The molecule has 4 nitrogen and oxygen atoms in total. The topological polar surface area (TPSA) is 44.4 Å². The van der Waals surface area contributed by atoms with Crippen LogP contribution in [0.4, 0.5) is 0 Å². The quantitative estimate of drug-likeness (QED) is 0.208. The number of Topliss-reactive ketones (excluding diaryl/α,β-unsaturated/α-hetero) is 1. The number of fused-ring (bicyclic) bond motifs is 2. The van der Waals surface area contributed by atoms with Crippen LogP contribution in [0.1, 0.15) is 53.3 Å². The number of nitrogens with one attached hydrogen (secondary N) is 2. The lowest BCUT2D eigenvalue weighted by Gasteiger charge is -2.58. The minimum absolute atomic E-state index is 0.0685. The number of ketones is 1. The summed E-state index contributed by atoms with van der Waals surface area (Å²) in [5, 5.41) is 9.98. The zero-order chi connectivity index (χ0) is 30.2. The summed E-state index contributed by atoms with van der Waals surface area (Å²) < 4.78 is 0. The summed E-state index contributed by atoms with van der Waals surface area (Å²) in [6, 6.07) is 28.5. The molecule has 4 aromatic rings. The Morgan fingerprint density at radius 1 is 0.674 bits per heavy atom. The van der Waals surface area contributed by atoms with E-state index in [1.165, 1.54) is 0 Å². The fourth-order valence-corrected chi connectivity index (χ4v) is 8.15. The van der Waals surface area contributed by atoms with Crippen LogP contribution >= 0.6 is 58.6 Å². The molecule has 2 aliphatic heterocycles. The lowest BCUT2D eigenvalue weighted by atomic mass is 9.63. The fourth-order valence-electron chi connectivity index (χ4n) is 6.78. The predicted octanol–water partition coefficient (Wildman–Crippen LogP) is 9.18. The number of benzene rings is 4. The minimum Gasteiger partial charge on any atom is -0.363 e. The van der Waals surface area contributed by atoms with Gasteiger partial charge in [0.1, 0.15) is 5.78 Å². The molecule has 2 bridgehead atoms. The Balaban J connectivity index is 1.68. The van der Waals surface area contributed by atoms with E-state index in [4.69, 9.17) is 58.6 Å². The molecule has 43 heavy (non-hydrogen) atoms. The zero-order valence-electron chi connectivity index (χ0n) is 23.2. The maximum absolute atomic E-state index is 15.2. The first-order valence-corrected chi connectivity index (χ1v) is 16.1. The van der Waals surface area contributed by atoms with Gasteiger partial charge in [0.25, 0.3) is 0 Å². The standard InChI is InChI=1S/C34H29Cl4N3OS/c1-2-39-34(43)41-31(21-13-5-9-17-25(21)37)27-29(19-11-3-7-15-23(19)35)40-30(20-12-4-8-16-24(20)36)28(33(27)42)32(41)22-14-6-10-18-26(22)38/h3-18,27-32,40H,2H2,1H3,(H,39,43). The van der Waals surface area contributed by atoms with Crippen LogP contribution in [0.25, 0.3) is 0 Å². The van der Waals surface area contributed by atoms with E-state index in [1.807, 2.05) is 104 Å². The van der Waals surface area contributed by atoms with Crippen molar-refractivity contribution in [2.45, 2.75) is 31.1 Å². The molecule has 0 radical (unpaired) electrons. The summed E-state index contributed by atoms with van der Waals surface area (Å²) in [5.74, 6) is -1.13. The van der Waals surface area contributed by atoms with Crippen LogP contribution in [0.3, 0.4) is 0 Å². The van der Waals surface area contributed by atoms with Crippen molar-refractivity contribution in [3.63, 3.8) is 0 Å². The highest BCUT2D eigenvalue weighted by atomic mass is 35.5.